The van der Waals surface area contributed by atoms with E-state index in [0.29, 0.717) is 12.5 Å². The number of nitrogens with one attached hydrogen (secondary N) is 1. The van der Waals surface area contributed by atoms with E-state index in [9.17, 15) is 0 Å². The third-order valence-electron chi connectivity index (χ3n) is 3.72. The van der Waals surface area contributed by atoms with Crippen LogP contribution in [0.4, 0.5) is 0 Å². The molecule has 0 aromatic heterocycles. The van der Waals surface area contributed by atoms with Crippen LogP contribution in [0, 0.1) is 6.92 Å². The van der Waals surface area contributed by atoms with Gasteiger partial charge in [-0.2, -0.15) is 25.1 Å². The zero-order valence-electron chi connectivity index (χ0n) is 13.9. The molecule has 1 aliphatic carbocycles. The molecule has 0 spiro atoms. The summed E-state index contributed by atoms with van der Waals surface area (Å²) in [5.41, 5.74) is 11.7. The van der Waals surface area contributed by atoms with Gasteiger partial charge in [-0.3, -0.25) is 0 Å². The Bertz CT molecular complexity index is 612. The minimum absolute atomic E-state index is 0. The van der Waals surface area contributed by atoms with Gasteiger partial charge in [0.1, 0.15) is 0 Å². The van der Waals surface area contributed by atoms with Crippen molar-refractivity contribution in [2.24, 2.45) is 0 Å². The number of halogens is 2. The number of benzene rings is 2. The molecule has 0 saturated carbocycles. The van der Waals surface area contributed by atoms with Gasteiger partial charge in [-0.1, -0.05) is 62.2 Å². The molecule has 1 N–H and O–H groups in total. The molecule has 1 aliphatic rings. The number of fused-ring (bicyclic) bond motifs is 1. The van der Waals surface area contributed by atoms with Crippen LogP contribution in [0.2, 0.25) is 0 Å². The van der Waals surface area contributed by atoms with Gasteiger partial charge in [0, 0.05) is 0 Å². The largest absolute Gasteiger partial charge is 2.00 e. The summed E-state index contributed by atoms with van der Waals surface area (Å²) >= 11 is 0. The Kier molecular flexibility index (Phi) is 14.5. The molecule has 2 aromatic carbocycles. The van der Waals surface area contributed by atoms with Crippen LogP contribution in [0.15, 0.2) is 54.6 Å². The smallest absolute Gasteiger partial charge is 1.00 e. The van der Waals surface area contributed by atoms with Gasteiger partial charge in [0.2, 0.25) is 0 Å². The molecule has 0 fully saturated rings. The molecule has 4 heteroatoms. The second-order valence-corrected chi connectivity index (χ2v) is 5.27. The molecular formula is C20H23Cl2NTi-2. The molecule has 1 unspecified atom stereocenters. The Balaban J connectivity index is 0. The summed E-state index contributed by atoms with van der Waals surface area (Å²) in [6.07, 6.45) is 6.67. The number of rotatable bonds is 3. The molecular weight excluding hydrogens is 373 g/mol. The van der Waals surface area contributed by atoms with Crippen LogP contribution in [0.25, 0.3) is 11.8 Å². The van der Waals surface area contributed by atoms with E-state index in [1.807, 2.05) is 6.07 Å². The predicted octanol–water partition coefficient (Wildman–Crippen LogP) is -0.128. The van der Waals surface area contributed by atoms with E-state index in [1.165, 1.54) is 16.7 Å². The van der Waals surface area contributed by atoms with Crippen molar-refractivity contribution in [2.75, 3.05) is 6.54 Å². The minimum atomic E-state index is 0. The molecule has 1 nitrogen and oxygen atoms in total. The topological polar surface area (TPSA) is 23.8 Å². The van der Waals surface area contributed by atoms with E-state index in [0.717, 1.165) is 18.4 Å². The van der Waals surface area contributed by atoms with Gasteiger partial charge in [0.15, 0.2) is 0 Å². The number of hydrogen-bond donors (Lipinski definition) is 0. The monoisotopic (exact) mass is 395 g/mol. The van der Waals surface area contributed by atoms with Gasteiger partial charge in [0.25, 0.3) is 0 Å². The fraction of sp³-hybridized carbons (Fsp3) is 0.250. The average Bonchev–Trinajstić information content (AvgIpc) is 2.93. The summed E-state index contributed by atoms with van der Waals surface area (Å²) in [6, 6.07) is 16.9. The summed E-state index contributed by atoms with van der Waals surface area (Å²) in [5.74, 6) is 0.380. The summed E-state index contributed by atoms with van der Waals surface area (Å²) in [5, 5.41) is 0. The van der Waals surface area contributed by atoms with Crippen LogP contribution in [-0.4, -0.2) is 6.54 Å². The van der Waals surface area contributed by atoms with Crippen molar-refractivity contribution >= 4 is 6.08 Å². The maximum atomic E-state index is 6.60. The molecule has 3 rings (SSSR count). The van der Waals surface area contributed by atoms with Crippen LogP contribution in [-0.2, 0) is 21.7 Å². The van der Waals surface area contributed by atoms with E-state index >= 15 is 0 Å². The second-order valence-electron chi connectivity index (χ2n) is 5.27. The first-order valence-corrected chi connectivity index (χ1v) is 7.60. The van der Waals surface area contributed by atoms with E-state index in [4.69, 9.17) is 5.73 Å². The minimum Gasteiger partial charge on any atom is -1.00 e. The molecule has 0 aliphatic heterocycles. The SMILES string of the molecule is CCCC[NH-].[CH2-]c1ccccc1C1C=Cc2ccccc21.[Cl-].[Cl-].[Ti+2]. The van der Waals surface area contributed by atoms with Crippen LogP contribution < -0.4 is 24.8 Å². The van der Waals surface area contributed by atoms with Crippen LogP contribution in [0.5, 0.6) is 0 Å². The fourth-order valence-electron chi connectivity index (χ4n) is 2.54. The molecule has 0 bridgehead atoms. The number of allylic oxidation sites excluding steroid dienone is 1. The Labute approximate surface area is 173 Å². The quantitative estimate of drug-likeness (QED) is 0.510. The van der Waals surface area contributed by atoms with Crippen molar-refractivity contribution < 1.29 is 46.5 Å². The van der Waals surface area contributed by atoms with Crippen molar-refractivity contribution in [3.63, 3.8) is 0 Å². The first kappa shape index (κ1) is 25.5. The second kappa shape index (κ2) is 13.6. The van der Waals surface area contributed by atoms with E-state index in [-0.39, 0.29) is 46.5 Å². The average molecular weight is 396 g/mol. The molecule has 24 heavy (non-hydrogen) atoms. The van der Waals surface area contributed by atoms with E-state index in [2.05, 4.69) is 68.5 Å². The van der Waals surface area contributed by atoms with Crippen LogP contribution in [0.3, 0.4) is 0 Å². The first-order chi connectivity index (χ1) is 10.3. The predicted molar refractivity (Wildman–Crippen MR) is 92.3 cm³/mol. The van der Waals surface area contributed by atoms with Crippen molar-refractivity contribution in [2.45, 2.75) is 25.7 Å². The third kappa shape index (κ3) is 6.66. The molecule has 0 amide bonds. The summed E-state index contributed by atoms with van der Waals surface area (Å²) < 4.78 is 0. The summed E-state index contributed by atoms with van der Waals surface area (Å²) in [6.45, 7) is 6.79. The Hall–Kier alpha value is -0.696. The molecule has 0 radical (unpaired) electrons. The normalized spacial score (nSPS) is 13.3. The Morgan fingerprint density at radius 3 is 2.08 bits per heavy atom. The van der Waals surface area contributed by atoms with Crippen molar-refractivity contribution in [3.8, 4) is 0 Å². The van der Waals surface area contributed by atoms with Gasteiger partial charge >= 0.3 is 21.7 Å². The van der Waals surface area contributed by atoms with Crippen molar-refractivity contribution in [1.29, 1.82) is 0 Å². The number of hydrogen-bond acceptors (Lipinski definition) is 0. The molecule has 1 atom stereocenters. The van der Waals surface area contributed by atoms with Crippen molar-refractivity contribution in [1.82, 2.24) is 0 Å². The summed E-state index contributed by atoms with van der Waals surface area (Å²) in [7, 11) is 0. The standard InChI is InChI=1S/C16H13.C4H10N.2ClH.Ti/c1-12-6-2-4-8-14(12)16-11-10-13-7-3-5-9-15(13)16;1-2-3-4-5;;;/h2-11,16H,1H2;5H,2-4H2,1H3;2*1H;/q2*-1;;;+2/p-2. The van der Waals surface area contributed by atoms with Crippen LogP contribution in [0.1, 0.15) is 47.9 Å². The van der Waals surface area contributed by atoms with Gasteiger partial charge in [-0.25, -0.2) is 0 Å². The van der Waals surface area contributed by atoms with Gasteiger partial charge in [-0.05, 0) is 17.0 Å². The zero-order chi connectivity index (χ0) is 15.1. The van der Waals surface area contributed by atoms with Crippen LogP contribution >= 0.6 is 0 Å². The maximum Gasteiger partial charge on any atom is 2.00 e. The molecule has 0 heterocycles. The first-order valence-electron chi connectivity index (χ1n) is 7.60. The van der Waals surface area contributed by atoms with E-state index < -0.39 is 0 Å². The number of unbranched alkanes of at least 4 members (excludes halogenated alkanes) is 1. The fourth-order valence-corrected chi connectivity index (χ4v) is 2.54. The zero-order valence-corrected chi connectivity index (χ0v) is 17.0. The molecule has 2 aromatic rings. The summed E-state index contributed by atoms with van der Waals surface area (Å²) in [4.78, 5) is 0. The van der Waals surface area contributed by atoms with Gasteiger partial charge in [0.05, 0.1) is 0 Å². The third-order valence-corrected chi connectivity index (χ3v) is 3.72. The van der Waals surface area contributed by atoms with Gasteiger partial charge < -0.3 is 30.5 Å². The van der Waals surface area contributed by atoms with Gasteiger partial charge in [-0.15, -0.1) is 17.7 Å². The molecule has 128 valence electrons. The Morgan fingerprint density at radius 2 is 1.54 bits per heavy atom. The Morgan fingerprint density at radius 1 is 0.958 bits per heavy atom. The molecule has 0 saturated heterocycles. The van der Waals surface area contributed by atoms with Crippen molar-refractivity contribution in [3.05, 3.63) is 89.5 Å². The van der Waals surface area contributed by atoms with E-state index in [1.54, 1.807) is 0 Å². The maximum absolute atomic E-state index is 6.60.